The summed E-state index contributed by atoms with van der Waals surface area (Å²) in [5.41, 5.74) is 0. The van der Waals surface area contributed by atoms with Crippen molar-refractivity contribution in [2.75, 3.05) is 0 Å². The Morgan fingerprint density at radius 3 is 1.25 bits per heavy atom. The summed E-state index contributed by atoms with van der Waals surface area (Å²) in [6.45, 7) is 7.00. The molecule has 0 aromatic carbocycles. The second-order valence-electron chi connectivity index (χ2n) is 0. The van der Waals surface area contributed by atoms with Crippen molar-refractivity contribution in [1.29, 1.82) is 0 Å². The average molecular weight is 142 g/mol. The molecular formula is C3H5Ru. The van der Waals surface area contributed by atoms with Gasteiger partial charge in [-0.15, -0.1) is 0 Å². The van der Waals surface area contributed by atoms with Gasteiger partial charge in [-0.2, -0.15) is 0 Å². The first-order valence-electron chi connectivity index (χ1n) is 0.658. The normalized spacial score (nSPS) is 2.00. The molecule has 1 heteroatoms. The molecule has 25 valence electrons. The van der Waals surface area contributed by atoms with E-state index in [1.54, 1.807) is 0 Å². The van der Waals surface area contributed by atoms with Crippen molar-refractivity contribution in [2.24, 2.45) is 0 Å². The van der Waals surface area contributed by atoms with Crippen molar-refractivity contribution < 1.29 is 17.9 Å². The fourth-order valence-electron chi connectivity index (χ4n) is 0. The second-order valence-corrected chi connectivity index (χ2v) is 0. The summed E-state index contributed by atoms with van der Waals surface area (Å²) < 4.78 is 0. The van der Waals surface area contributed by atoms with E-state index in [1.165, 1.54) is 0 Å². The Morgan fingerprint density at radius 1 is 1.25 bits per heavy atom. The van der Waals surface area contributed by atoms with Crippen LogP contribution in [-0.4, -0.2) is 5.11 Å². The van der Waals surface area contributed by atoms with Gasteiger partial charge in [0.25, 0.3) is 0 Å². The molecule has 4 heavy (non-hydrogen) atoms. The molecule has 0 saturated carbocycles. The molecule has 0 aliphatic rings. The van der Waals surface area contributed by atoms with Crippen LogP contribution in [0.1, 0.15) is 0 Å². The van der Waals surface area contributed by atoms with Gasteiger partial charge in [-0.3, -0.25) is 6.58 Å². The van der Waals surface area contributed by atoms with Gasteiger partial charge < -0.3 is 6.58 Å². The first kappa shape index (κ1) is 8.87. The van der Waals surface area contributed by atoms with Gasteiger partial charge in [-0.05, 0) is 0 Å². The van der Waals surface area contributed by atoms with Crippen molar-refractivity contribution in [3.05, 3.63) is 13.2 Å². The summed E-state index contributed by atoms with van der Waals surface area (Å²) in [6, 6.07) is 0. The fraction of sp³-hybridized carbons (Fsp3) is 0. The van der Waals surface area contributed by atoms with Crippen molar-refractivity contribution in [2.45, 2.75) is 0 Å². The Bertz CT molecular complexity index is 5.25. The van der Waals surface area contributed by atoms with Crippen LogP contribution >= 0.6 is 0 Å². The molecule has 0 aliphatic heterocycles. The van der Waals surface area contributed by atoms with E-state index in [-0.39, 0.29) is 0 Å². The van der Waals surface area contributed by atoms with Gasteiger partial charge in [-0.1, -0.05) is 0 Å². The Hall–Kier alpha value is 0.233. The van der Waals surface area contributed by atoms with Gasteiger partial charge in [0.05, 0.1) is 0 Å². The Balaban J connectivity index is 0. The molecule has 0 radical (unpaired) electrons. The summed E-state index contributed by atoms with van der Waals surface area (Å²) in [6.07, 6.45) is 0. The van der Waals surface area contributed by atoms with Gasteiger partial charge in [0.1, 0.15) is 0 Å². The maximum atomic E-state index is 4.25. The molecule has 0 spiro atoms. The third-order valence-electron chi connectivity index (χ3n) is 0. The third-order valence-corrected chi connectivity index (χ3v) is 0. The van der Waals surface area contributed by atoms with Crippen LogP contribution in [0.2, 0.25) is 0 Å². The van der Waals surface area contributed by atoms with E-state index in [0.717, 1.165) is 0 Å². The van der Waals surface area contributed by atoms with E-state index < -0.39 is 0 Å². The SMILES string of the molecule is [CH-]=C.[CH2]=[Ru+]. The molecule has 0 unspecified atom stereocenters. The van der Waals surface area contributed by atoms with Gasteiger partial charge >= 0.3 is 23.0 Å². The monoisotopic (exact) mass is 143 g/mol. The molecule has 0 nitrogen and oxygen atoms in total. The van der Waals surface area contributed by atoms with Gasteiger partial charge in [0.15, 0.2) is 0 Å². The Morgan fingerprint density at radius 2 is 1.25 bits per heavy atom. The van der Waals surface area contributed by atoms with Crippen LogP contribution in [0.4, 0.5) is 0 Å². The number of hydrogen-bond donors (Lipinski definition) is 0. The van der Waals surface area contributed by atoms with Crippen LogP contribution in [0.3, 0.4) is 0 Å². The molecule has 0 aromatic heterocycles. The van der Waals surface area contributed by atoms with Crippen LogP contribution in [0, 0.1) is 6.58 Å². The average Bonchev–Trinajstić information content (AvgIpc) is 1.50. The van der Waals surface area contributed by atoms with Gasteiger partial charge in [0.2, 0.25) is 0 Å². The van der Waals surface area contributed by atoms with E-state index in [4.69, 9.17) is 0 Å². The van der Waals surface area contributed by atoms with Gasteiger partial charge in [-0.25, -0.2) is 0 Å². The molecule has 0 heterocycles. The minimum atomic E-state index is 2.10. The summed E-state index contributed by atoms with van der Waals surface area (Å²) in [7, 11) is 0. The van der Waals surface area contributed by atoms with Crippen LogP contribution in [0.15, 0.2) is 6.58 Å². The van der Waals surface area contributed by atoms with Crippen molar-refractivity contribution in [1.82, 2.24) is 0 Å². The number of rotatable bonds is 0. The molecule has 0 aliphatic carbocycles. The first-order valence-corrected chi connectivity index (χ1v) is 1.89. The quantitative estimate of drug-likeness (QED) is 0.342. The van der Waals surface area contributed by atoms with Crippen LogP contribution < -0.4 is 0 Å². The number of hydrogen-bond acceptors (Lipinski definition) is 0. The van der Waals surface area contributed by atoms with Crippen LogP contribution in [0.5, 0.6) is 0 Å². The summed E-state index contributed by atoms with van der Waals surface area (Å²) >= 11 is 2.10. The van der Waals surface area contributed by atoms with E-state index in [2.05, 4.69) is 36.1 Å². The van der Waals surface area contributed by atoms with E-state index in [0.29, 0.717) is 0 Å². The molecule has 0 fully saturated rings. The van der Waals surface area contributed by atoms with Crippen molar-refractivity contribution in [3.63, 3.8) is 0 Å². The summed E-state index contributed by atoms with van der Waals surface area (Å²) in [4.78, 5) is 0. The van der Waals surface area contributed by atoms with Crippen LogP contribution in [0.25, 0.3) is 0 Å². The molecule has 0 rings (SSSR count). The predicted molar refractivity (Wildman–Crippen MR) is 17.0 cm³/mol. The molecule has 0 N–H and O–H groups in total. The first-order chi connectivity index (χ1) is 2.00. The molecule has 0 aromatic rings. The second kappa shape index (κ2) is 296. The van der Waals surface area contributed by atoms with Crippen molar-refractivity contribution >= 4 is 5.11 Å². The zero-order chi connectivity index (χ0) is 4.00. The Labute approximate surface area is 36.7 Å². The molecule has 0 bridgehead atoms. The molecular weight excluding hydrogens is 137 g/mol. The maximum absolute atomic E-state index is 4.25. The predicted octanol–water partition coefficient (Wildman–Crippen LogP) is 0.571. The molecule has 0 atom stereocenters. The van der Waals surface area contributed by atoms with E-state index in [9.17, 15) is 0 Å². The Kier molecular flexibility index (Phi) is 657. The van der Waals surface area contributed by atoms with Gasteiger partial charge in [0, 0.05) is 0 Å². The summed E-state index contributed by atoms with van der Waals surface area (Å²) in [5.74, 6) is 0. The topological polar surface area (TPSA) is 0 Å². The van der Waals surface area contributed by atoms with E-state index in [1.807, 2.05) is 0 Å². The third kappa shape index (κ3) is 62.4. The van der Waals surface area contributed by atoms with E-state index >= 15 is 0 Å². The zero-order valence-electron chi connectivity index (χ0n) is 2.35. The van der Waals surface area contributed by atoms with Crippen molar-refractivity contribution in [3.8, 4) is 0 Å². The zero-order valence-corrected chi connectivity index (χ0v) is 4.08. The summed E-state index contributed by atoms with van der Waals surface area (Å²) in [5, 5.41) is 3.18. The fourth-order valence-corrected chi connectivity index (χ4v) is 0. The van der Waals surface area contributed by atoms with Crippen LogP contribution in [-0.2, 0) is 17.9 Å². The molecule has 0 amide bonds. The standard InChI is InChI=1S/C2H3.CH2.Ru/c1-2;;/h1H,2H2;1H2;/q-1;;+1. The minimum absolute atomic E-state index is 2.10. The molecule has 0 saturated heterocycles.